The quantitative estimate of drug-likeness (QED) is 0.538. The lowest BCUT2D eigenvalue weighted by atomic mass is 9.95. The van der Waals surface area contributed by atoms with Crippen molar-refractivity contribution in [2.45, 2.75) is 12.3 Å². The number of ether oxygens (including phenoxy) is 1. The van der Waals surface area contributed by atoms with Crippen molar-refractivity contribution < 1.29 is 28.6 Å². The number of amides is 2. The summed E-state index contributed by atoms with van der Waals surface area (Å²) in [5, 5.41) is 11.3. The van der Waals surface area contributed by atoms with Crippen LogP contribution in [-0.4, -0.2) is 47.7 Å². The van der Waals surface area contributed by atoms with E-state index in [9.17, 15) is 18.8 Å². The zero-order valence-corrected chi connectivity index (χ0v) is 18.7. The van der Waals surface area contributed by atoms with E-state index >= 15 is 0 Å². The Hall–Kier alpha value is -4.20. The van der Waals surface area contributed by atoms with E-state index in [1.165, 1.54) is 17.0 Å². The molecule has 35 heavy (non-hydrogen) atoms. The van der Waals surface area contributed by atoms with Crippen molar-refractivity contribution in [3.05, 3.63) is 89.2 Å². The number of nitrogens with zero attached hydrogens (tertiary/aromatic N) is 1. The highest BCUT2D eigenvalue weighted by molar-refractivity contribution is 6.03. The molecule has 5 rings (SSSR count). The lowest BCUT2D eigenvalue weighted by Crippen LogP contribution is -2.50. The van der Waals surface area contributed by atoms with Crippen LogP contribution in [0.4, 0.5) is 14.9 Å². The molecule has 1 fully saturated rings. The molecule has 0 spiro atoms. The Balaban J connectivity index is 1.28. The fourth-order valence-electron chi connectivity index (χ4n) is 4.85. The van der Waals surface area contributed by atoms with Crippen LogP contribution in [0.2, 0.25) is 0 Å². The number of hydrogen-bond donors (Lipinski definition) is 2. The highest BCUT2D eigenvalue weighted by Crippen LogP contribution is 2.44. The molecule has 0 bridgehead atoms. The number of rotatable bonds is 6. The molecule has 0 aromatic heterocycles. The maximum absolute atomic E-state index is 14.6. The number of likely N-dealkylation sites (tertiary alicyclic amines) is 1. The van der Waals surface area contributed by atoms with Crippen LogP contribution in [0.5, 0.6) is 0 Å². The molecule has 0 unspecified atom stereocenters. The number of carbonyl (C=O) groups excluding carboxylic acids is 2. The number of benzene rings is 3. The van der Waals surface area contributed by atoms with Gasteiger partial charge in [-0.3, -0.25) is 14.9 Å². The van der Waals surface area contributed by atoms with Gasteiger partial charge in [-0.1, -0.05) is 54.6 Å². The van der Waals surface area contributed by atoms with Gasteiger partial charge in [0.2, 0.25) is 0 Å². The van der Waals surface area contributed by atoms with E-state index in [4.69, 9.17) is 9.84 Å². The Kier molecular flexibility index (Phi) is 5.94. The molecule has 0 atom stereocenters. The second-order valence-corrected chi connectivity index (χ2v) is 8.79. The summed E-state index contributed by atoms with van der Waals surface area (Å²) in [6.45, 7) is 0.596. The average Bonchev–Trinajstić information content (AvgIpc) is 3.14. The number of carboxylic acid groups (broad SMARTS) is 1. The van der Waals surface area contributed by atoms with Crippen molar-refractivity contribution in [2.75, 3.05) is 25.0 Å². The largest absolute Gasteiger partial charge is 0.481 e. The number of nitrogens with one attached hydrogen (secondary N) is 1. The Morgan fingerprint density at radius 2 is 1.57 bits per heavy atom. The lowest BCUT2D eigenvalue weighted by Gasteiger charge is -2.38. The molecule has 178 valence electrons. The lowest BCUT2D eigenvalue weighted by molar-refractivity contribution is -0.139. The smallest absolute Gasteiger partial charge is 0.411 e. The number of carbonyl (C=O) groups is 3. The molecule has 2 N–H and O–H groups in total. The van der Waals surface area contributed by atoms with Crippen LogP contribution in [0.25, 0.3) is 11.1 Å². The van der Waals surface area contributed by atoms with E-state index in [0.717, 1.165) is 28.3 Å². The molecule has 7 nitrogen and oxygen atoms in total. The van der Waals surface area contributed by atoms with Crippen molar-refractivity contribution in [2.24, 2.45) is 5.92 Å². The Labute approximate surface area is 201 Å². The van der Waals surface area contributed by atoms with Crippen molar-refractivity contribution in [1.29, 1.82) is 0 Å². The van der Waals surface area contributed by atoms with Crippen LogP contribution in [0.15, 0.2) is 66.7 Å². The normalized spacial score (nSPS) is 14.6. The van der Waals surface area contributed by atoms with Gasteiger partial charge in [0.25, 0.3) is 5.91 Å². The van der Waals surface area contributed by atoms with Gasteiger partial charge in [0.1, 0.15) is 12.4 Å². The summed E-state index contributed by atoms with van der Waals surface area (Å²) in [4.78, 5) is 37.8. The number of aliphatic carboxylic acids is 1. The molecular weight excluding hydrogens is 451 g/mol. The van der Waals surface area contributed by atoms with E-state index in [1.54, 1.807) is 0 Å². The maximum Gasteiger partial charge on any atom is 0.411 e. The first-order valence-corrected chi connectivity index (χ1v) is 11.3. The van der Waals surface area contributed by atoms with E-state index in [-0.39, 0.29) is 49.2 Å². The van der Waals surface area contributed by atoms with Gasteiger partial charge < -0.3 is 14.7 Å². The molecule has 0 radical (unpaired) electrons. The number of halogens is 1. The van der Waals surface area contributed by atoms with Gasteiger partial charge in [0, 0.05) is 24.9 Å². The highest BCUT2D eigenvalue weighted by atomic mass is 19.1. The molecule has 2 aliphatic rings. The van der Waals surface area contributed by atoms with Gasteiger partial charge in [0.05, 0.1) is 17.7 Å². The van der Waals surface area contributed by atoms with E-state index in [0.29, 0.717) is 0 Å². The molecule has 3 aromatic carbocycles. The second-order valence-electron chi connectivity index (χ2n) is 8.79. The fourth-order valence-corrected chi connectivity index (χ4v) is 4.85. The van der Waals surface area contributed by atoms with Gasteiger partial charge in [-0.05, 0) is 34.4 Å². The monoisotopic (exact) mass is 474 g/mol. The molecule has 1 aliphatic heterocycles. The topological polar surface area (TPSA) is 95.9 Å². The van der Waals surface area contributed by atoms with Gasteiger partial charge >= 0.3 is 12.1 Å². The van der Waals surface area contributed by atoms with Crippen molar-refractivity contribution >= 4 is 23.7 Å². The van der Waals surface area contributed by atoms with Gasteiger partial charge in [-0.15, -0.1) is 0 Å². The van der Waals surface area contributed by atoms with Gasteiger partial charge in [-0.25, -0.2) is 9.18 Å². The SMILES string of the molecule is O=C(O)CC1CN(C(=O)c2cccc(F)c2NC(=O)OCC2c3ccccc3-c3ccccc32)C1. The summed E-state index contributed by atoms with van der Waals surface area (Å²) in [6.07, 6.45) is -0.893. The molecule has 8 heteroatoms. The number of para-hydroxylation sites is 1. The van der Waals surface area contributed by atoms with Crippen LogP contribution in [-0.2, 0) is 9.53 Å². The summed E-state index contributed by atoms with van der Waals surface area (Å²) in [5.74, 6) is -2.44. The van der Waals surface area contributed by atoms with Crippen molar-refractivity contribution in [3.63, 3.8) is 0 Å². The molecule has 1 saturated heterocycles. The maximum atomic E-state index is 14.6. The third-order valence-corrected chi connectivity index (χ3v) is 6.52. The molecule has 2 amide bonds. The molecule has 3 aromatic rings. The van der Waals surface area contributed by atoms with Crippen LogP contribution in [0.1, 0.15) is 33.8 Å². The summed E-state index contributed by atoms with van der Waals surface area (Å²) in [7, 11) is 0. The highest BCUT2D eigenvalue weighted by Gasteiger charge is 2.34. The molecule has 0 saturated carbocycles. The molecule has 1 heterocycles. The summed E-state index contributed by atoms with van der Waals surface area (Å²) < 4.78 is 20.1. The Morgan fingerprint density at radius 3 is 2.20 bits per heavy atom. The minimum absolute atomic E-state index is 0.00715. The van der Waals surface area contributed by atoms with Gasteiger partial charge in [0.15, 0.2) is 0 Å². The van der Waals surface area contributed by atoms with Crippen LogP contribution in [0.3, 0.4) is 0 Å². The molecular formula is C27H23FN2O5. The average molecular weight is 474 g/mol. The zero-order valence-electron chi connectivity index (χ0n) is 18.7. The molecule has 1 aliphatic carbocycles. The Morgan fingerprint density at radius 1 is 0.943 bits per heavy atom. The van der Waals surface area contributed by atoms with E-state index in [1.807, 2.05) is 48.5 Å². The Bertz CT molecular complexity index is 1270. The fraction of sp³-hybridized carbons (Fsp3) is 0.222. The minimum Gasteiger partial charge on any atom is -0.481 e. The number of anilines is 1. The van der Waals surface area contributed by atoms with Crippen LogP contribution < -0.4 is 5.32 Å². The predicted molar refractivity (Wildman–Crippen MR) is 127 cm³/mol. The van der Waals surface area contributed by atoms with Crippen molar-refractivity contribution in [3.8, 4) is 11.1 Å². The third-order valence-electron chi connectivity index (χ3n) is 6.52. The number of fused-ring (bicyclic) bond motifs is 3. The van der Waals surface area contributed by atoms with Gasteiger partial charge in [-0.2, -0.15) is 0 Å². The van der Waals surface area contributed by atoms with Crippen molar-refractivity contribution in [1.82, 2.24) is 4.90 Å². The van der Waals surface area contributed by atoms with E-state index < -0.39 is 23.8 Å². The van der Waals surface area contributed by atoms with Crippen LogP contribution >= 0.6 is 0 Å². The second kappa shape index (κ2) is 9.21. The number of carboxylic acids is 1. The summed E-state index contributed by atoms with van der Waals surface area (Å²) in [5.41, 5.74) is 4.03. The third kappa shape index (κ3) is 4.35. The zero-order chi connectivity index (χ0) is 24.5. The van der Waals surface area contributed by atoms with Crippen LogP contribution in [0, 0.1) is 11.7 Å². The first-order chi connectivity index (χ1) is 16.9. The van der Waals surface area contributed by atoms with E-state index in [2.05, 4.69) is 5.32 Å². The summed E-state index contributed by atoms with van der Waals surface area (Å²) in [6, 6.07) is 19.8. The minimum atomic E-state index is -0.925. The first kappa shape index (κ1) is 22.6. The standard InChI is InChI=1S/C27H23FN2O5/c28-23-11-5-10-21(26(33)30-13-16(14-30)12-24(31)32)25(23)29-27(34)35-15-22-19-8-3-1-6-17(19)18-7-2-4-9-20(18)22/h1-11,16,22H,12-15H2,(H,29,34)(H,31,32). The predicted octanol–water partition coefficient (Wildman–Crippen LogP) is 4.73. The summed E-state index contributed by atoms with van der Waals surface area (Å²) >= 11 is 0. The number of hydrogen-bond acceptors (Lipinski definition) is 4. The first-order valence-electron chi connectivity index (χ1n) is 11.3.